The van der Waals surface area contributed by atoms with E-state index in [1.165, 1.54) is 12.7 Å². The second-order valence-corrected chi connectivity index (χ2v) is 3.73. The van der Waals surface area contributed by atoms with Gasteiger partial charge >= 0.3 is 0 Å². The molecule has 0 radical (unpaired) electrons. The molecule has 2 heterocycles. The molecular weight excluding hydrogens is 248 g/mol. The zero-order valence-corrected chi connectivity index (χ0v) is 10.9. The Hall–Kier alpha value is -2.38. The second-order valence-electron chi connectivity index (χ2n) is 3.73. The van der Waals surface area contributed by atoms with Gasteiger partial charge in [-0.2, -0.15) is 4.98 Å². The summed E-state index contributed by atoms with van der Waals surface area (Å²) in [5.41, 5.74) is 0. The highest BCUT2D eigenvalue weighted by molar-refractivity contribution is 5.63. The van der Waals surface area contributed by atoms with Crippen LogP contribution in [-0.2, 0) is 6.54 Å². The van der Waals surface area contributed by atoms with Crippen molar-refractivity contribution < 1.29 is 9.26 Å². The van der Waals surface area contributed by atoms with Gasteiger partial charge in [-0.1, -0.05) is 12.1 Å². The van der Waals surface area contributed by atoms with Crippen LogP contribution in [0.4, 0.5) is 11.6 Å². The van der Waals surface area contributed by atoms with Crippen LogP contribution in [0.3, 0.4) is 0 Å². The predicted molar refractivity (Wildman–Crippen MR) is 69.0 cm³/mol. The molecule has 2 aromatic rings. The van der Waals surface area contributed by atoms with Crippen LogP contribution in [0.2, 0.25) is 0 Å². The molecule has 2 N–H and O–H groups in total. The molecule has 0 aliphatic rings. The minimum absolute atomic E-state index is 0.400. The number of anilines is 2. The number of hydrogen-bond donors (Lipinski definition) is 2. The normalized spacial score (nSPS) is 10.2. The summed E-state index contributed by atoms with van der Waals surface area (Å²) in [6.07, 6.45) is 3.75. The van der Waals surface area contributed by atoms with Gasteiger partial charge in [0.2, 0.25) is 12.1 Å². The highest BCUT2D eigenvalue weighted by Crippen LogP contribution is 2.28. The number of nitrogens with zero attached hydrogens (tertiary/aromatic N) is 4. The van der Waals surface area contributed by atoms with Crippen LogP contribution in [0.15, 0.2) is 17.2 Å². The van der Waals surface area contributed by atoms with Gasteiger partial charge in [0, 0.05) is 6.54 Å². The molecule has 0 bridgehead atoms. The van der Waals surface area contributed by atoms with E-state index in [2.05, 4.69) is 42.2 Å². The van der Waals surface area contributed by atoms with Crippen molar-refractivity contribution in [2.24, 2.45) is 0 Å². The van der Waals surface area contributed by atoms with Gasteiger partial charge in [0.25, 0.3) is 0 Å². The molecule has 2 rings (SSSR count). The van der Waals surface area contributed by atoms with E-state index in [0.29, 0.717) is 29.8 Å². The molecule has 8 heteroatoms. The summed E-state index contributed by atoms with van der Waals surface area (Å²) in [5, 5.41) is 9.97. The van der Waals surface area contributed by atoms with Crippen molar-refractivity contribution >= 4 is 11.6 Å². The summed E-state index contributed by atoms with van der Waals surface area (Å²) in [6.45, 7) is 3.30. The van der Waals surface area contributed by atoms with Gasteiger partial charge in [0.1, 0.15) is 6.33 Å². The Labute approximate surface area is 110 Å². The molecular formula is C11H16N6O2. The summed E-state index contributed by atoms with van der Waals surface area (Å²) in [7, 11) is 1.58. The van der Waals surface area contributed by atoms with Crippen LogP contribution in [0.5, 0.6) is 5.75 Å². The minimum Gasteiger partial charge on any atom is -0.490 e. The first kappa shape index (κ1) is 13.1. The first-order valence-corrected chi connectivity index (χ1v) is 5.97. The lowest BCUT2D eigenvalue weighted by molar-refractivity contribution is 0.409. The Balaban J connectivity index is 2.10. The van der Waals surface area contributed by atoms with E-state index in [4.69, 9.17) is 4.74 Å². The molecule has 0 aromatic carbocycles. The molecule has 0 saturated heterocycles. The van der Waals surface area contributed by atoms with E-state index < -0.39 is 0 Å². The zero-order chi connectivity index (χ0) is 13.5. The summed E-state index contributed by atoms with van der Waals surface area (Å²) < 4.78 is 9.99. The average molecular weight is 264 g/mol. The molecule has 0 fully saturated rings. The Morgan fingerprint density at radius 1 is 1.21 bits per heavy atom. The maximum atomic E-state index is 5.33. The molecule has 0 saturated carbocycles. The molecule has 8 nitrogen and oxygen atoms in total. The van der Waals surface area contributed by atoms with E-state index in [1.807, 2.05) is 0 Å². The van der Waals surface area contributed by atoms with Gasteiger partial charge < -0.3 is 19.9 Å². The summed E-state index contributed by atoms with van der Waals surface area (Å²) in [6, 6.07) is 0. The highest BCUT2D eigenvalue weighted by Gasteiger charge is 2.12. The molecule has 0 spiro atoms. The van der Waals surface area contributed by atoms with Crippen LogP contribution in [0, 0.1) is 0 Å². The minimum atomic E-state index is 0.400. The molecule has 102 valence electrons. The van der Waals surface area contributed by atoms with Gasteiger partial charge in [0.05, 0.1) is 13.7 Å². The first-order valence-electron chi connectivity index (χ1n) is 5.97. The van der Waals surface area contributed by atoms with E-state index in [1.54, 1.807) is 7.11 Å². The van der Waals surface area contributed by atoms with Crippen LogP contribution in [0.25, 0.3) is 0 Å². The van der Waals surface area contributed by atoms with Crippen molar-refractivity contribution in [3.8, 4) is 5.75 Å². The lowest BCUT2D eigenvalue weighted by Crippen LogP contribution is -2.09. The van der Waals surface area contributed by atoms with E-state index in [9.17, 15) is 0 Å². The van der Waals surface area contributed by atoms with E-state index in [0.717, 1.165) is 13.0 Å². The number of nitrogens with one attached hydrogen (secondary N) is 2. The Morgan fingerprint density at radius 2 is 2.00 bits per heavy atom. The number of hydrogen-bond acceptors (Lipinski definition) is 8. The molecule has 19 heavy (non-hydrogen) atoms. The average Bonchev–Trinajstić information content (AvgIpc) is 2.96. The smallest absolute Gasteiger partial charge is 0.213 e. The fourth-order valence-electron chi connectivity index (χ4n) is 1.50. The lowest BCUT2D eigenvalue weighted by Gasteiger charge is -2.13. The summed E-state index contributed by atoms with van der Waals surface area (Å²) >= 11 is 0. The molecule has 0 amide bonds. The van der Waals surface area contributed by atoms with E-state index >= 15 is 0 Å². The second kappa shape index (κ2) is 6.53. The van der Waals surface area contributed by atoms with Crippen LogP contribution >= 0.6 is 0 Å². The number of aromatic nitrogens is 4. The van der Waals surface area contributed by atoms with Crippen LogP contribution < -0.4 is 15.4 Å². The van der Waals surface area contributed by atoms with Gasteiger partial charge in [-0.3, -0.25) is 0 Å². The van der Waals surface area contributed by atoms with Crippen molar-refractivity contribution in [3.05, 3.63) is 18.5 Å². The third kappa shape index (κ3) is 3.30. The van der Waals surface area contributed by atoms with Gasteiger partial charge in [-0.25, -0.2) is 9.97 Å². The Bertz CT molecular complexity index is 502. The van der Waals surface area contributed by atoms with Crippen LogP contribution in [-0.4, -0.2) is 33.8 Å². The number of rotatable bonds is 7. The van der Waals surface area contributed by atoms with E-state index in [-0.39, 0.29) is 0 Å². The van der Waals surface area contributed by atoms with Gasteiger partial charge in [-0.05, 0) is 6.42 Å². The Kier molecular flexibility index (Phi) is 4.49. The largest absolute Gasteiger partial charge is 0.490 e. The molecule has 0 aliphatic heterocycles. The van der Waals surface area contributed by atoms with Crippen molar-refractivity contribution in [1.29, 1.82) is 0 Å². The molecule has 0 unspecified atom stereocenters. The topological polar surface area (TPSA) is 98.0 Å². The lowest BCUT2D eigenvalue weighted by atomic mass is 10.4. The monoisotopic (exact) mass is 264 g/mol. The maximum Gasteiger partial charge on any atom is 0.213 e. The summed E-state index contributed by atoms with van der Waals surface area (Å²) in [5.74, 6) is 2.36. The fourth-order valence-corrected chi connectivity index (χ4v) is 1.50. The van der Waals surface area contributed by atoms with Crippen LogP contribution in [0.1, 0.15) is 19.2 Å². The predicted octanol–water partition coefficient (Wildman–Crippen LogP) is 1.30. The number of ether oxygens (including phenoxy) is 1. The van der Waals surface area contributed by atoms with Gasteiger partial charge in [0.15, 0.2) is 17.5 Å². The Morgan fingerprint density at radius 3 is 2.63 bits per heavy atom. The number of methoxy groups -OCH3 is 1. The quantitative estimate of drug-likeness (QED) is 0.772. The third-order valence-electron chi connectivity index (χ3n) is 2.37. The molecule has 2 aromatic heterocycles. The van der Waals surface area contributed by atoms with Crippen molar-refractivity contribution in [1.82, 2.24) is 20.1 Å². The fraction of sp³-hybridized carbons (Fsp3) is 0.455. The van der Waals surface area contributed by atoms with Crippen molar-refractivity contribution in [2.75, 3.05) is 24.3 Å². The first-order chi connectivity index (χ1) is 9.35. The third-order valence-corrected chi connectivity index (χ3v) is 2.37. The van der Waals surface area contributed by atoms with Crippen molar-refractivity contribution in [2.45, 2.75) is 19.9 Å². The van der Waals surface area contributed by atoms with Gasteiger partial charge in [-0.15, -0.1) is 0 Å². The summed E-state index contributed by atoms with van der Waals surface area (Å²) in [4.78, 5) is 12.2. The maximum absolute atomic E-state index is 5.33. The zero-order valence-electron chi connectivity index (χ0n) is 10.9. The standard InChI is InChI=1S/C11H16N6O2/c1-3-4-12-10-9(18-2)11(15-6-14-10)13-5-8-16-7-19-17-8/h6-7H,3-5H2,1-2H3,(H2,12,13,14,15). The molecule has 0 aliphatic carbocycles. The molecule has 0 atom stereocenters. The SMILES string of the molecule is CCCNc1ncnc(NCc2ncon2)c1OC. The highest BCUT2D eigenvalue weighted by atomic mass is 16.5. The van der Waals surface area contributed by atoms with Crippen molar-refractivity contribution in [3.63, 3.8) is 0 Å².